The Labute approximate surface area is 85.5 Å². The van der Waals surface area contributed by atoms with Gasteiger partial charge in [-0.2, -0.15) is 0 Å². The fraction of sp³-hybridized carbons (Fsp3) is 0.909. The van der Waals surface area contributed by atoms with Crippen LogP contribution in [0.4, 0.5) is 0 Å². The zero-order valence-electron chi connectivity index (χ0n) is 8.87. The minimum atomic E-state index is -0.735. The zero-order valence-corrected chi connectivity index (χ0v) is 8.87. The number of carboxylic acid groups (broad SMARTS) is 1. The van der Waals surface area contributed by atoms with Crippen molar-refractivity contribution >= 4 is 5.97 Å². The van der Waals surface area contributed by atoms with Gasteiger partial charge in [0.2, 0.25) is 0 Å². The summed E-state index contributed by atoms with van der Waals surface area (Å²) in [6.45, 7) is 2.78. The summed E-state index contributed by atoms with van der Waals surface area (Å²) in [6, 6.07) is 0. The van der Waals surface area contributed by atoms with Crippen molar-refractivity contribution in [3.8, 4) is 0 Å². The molecule has 0 spiro atoms. The molecule has 1 N–H and O–H groups in total. The van der Waals surface area contributed by atoms with Gasteiger partial charge in [-0.15, -0.1) is 0 Å². The molecular weight excluding hydrogens is 180 g/mol. The van der Waals surface area contributed by atoms with E-state index in [9.17, 15) is 4.79 Å². The van der Waals surface area contributed by atoms with E-state index in [1.807, 2.05) is 6.92 Å². The maximum Gasteiger partial charge on any atom is 0.303 e. The maximum atomic E-state index is 10.3. The predicted octanol–water partition coefficient (Wildman–Crippen LogP) is 2.45. The lowest BCUT2D eigenvalue weighted by Crippen LogP contribution is -2.15. The van der Waals surface area contributed by atoms with Crippen molar-refractivity contribution in [1.29, 1.82) is 0 Å². The lowest BCUT2D eigenvalue weighted by Gasteiger charge is -2.15. The van der Waals surface area contributed by atoms with Gasteiger partial charge < -0.3 is 9.84 Å². The molecule has 0 aromatic heterocycles. The minimum absolute atomic E-state index is 0.0895. The van der Waals surface area contributed by atoms with Crippen LogP contribution in [-0.4, -0.2) is 23.8 Å². The fourth-order valence-corrected chi connectivity index (χ4v) is 1.89. The quantitative estimate of drug-likeness (QED) is 0.716. The smallest absolute Gasteiger partial charge is 0.303 e. The molecule has 0 aromatic rings. The van der Waals surface area contributed by atoms with E-state index < -0.39 is 5.97 Å². The summed E-state index contributed by atoms with van der Waals surface area (Å²) in [5, 5.41) is 8.49. The van der Waals surface area contributed by atoms with Crippen molar-refractivity contribution < 1.29 is 14.6 Å². The Morgan fingerprint density at radius 3 is 2.71 bits per heavy atom. The number of aliphatic carboxylic acids is 1. The molecule has 3 nitrogen and oxygen atoms in total. The Morgan fingerprint density at radius 1 is 1.50 bits per heavy atom. The number of rotatable bonds is 6. The van der Waals surface area contributed by atoms with Crippen LogP contribution in [0.15, 0.2) is 0 Å². The zero-order chi connectivity index (χ0) is 10.4. The third-order valence-electron chi connectivity index (χ3n) is 2.86. The molecule has 1 rings (SSSR count). The Hall–Kier alpha value is -0.570. The topological polar surface area (TPSA) is 46.5 Å². The average molecular weight is 200 g/mol. The van der Waals surface area contributed by atoms with Crippen molar-refractivity contribution in [2.24, 2.45) is 5.92 Å². The van der Waals surface area contributed by atoms with Crippen LogP contribution in [0.25, 0.3) is 0 Å². The third-order valence-corrected chi connectivity index (χ3v) is 2.86. The van der Waals surface area contributed by atoms with Gasteiger partial charge >= 0.3 is 5.97 Å². The standard InChI is InChI=1S/C11H20O3/c1-9(6-7-11(12)13)14-8-10-4-2-3-5-10/h9-10H,2-8H2,1H3,(H,12,13). The molecule has 1 saturated carbocycles. The van der Waals surface area contributed by atoms with Crippen molar-refractivity contribution in [3.63, 3.8) is 0 Å². The van der Waals surface area contributed by atoms with Crippen molar-refractivity contribution in [3.05, 3.63) is 0 Å². The van der Waals surface area contributed by atoms with Gasteiger partial charge in [-0.3, -0.25) is 4.79 Å². The van der Waals surface area contributed by atoms with Crippen molar-refractivity contribution in [2.45, 2.75) is 51.6 Å². The predicted molar refractivity (Wildman–Crippen MR) is 54.2 cm³/mol. The van der Waals surface area contributed by atoms with Gasteiger partial charge in [-0.05, 0) is 32.1 Å². The molecule has 1 aliphatic carbocycles. The molecule has 3 heteroatoms. The summed E-state index contributed by atoms with van der Waals surface area (Å²) in [7, 11) is 0. The van der Waals surface area contributed by atoms with Crippen LogP contribution >= 0.6 is 0 Å². The summed E-state index contributed by atoms with van der Waals surface area (Å²) in [4.78, 5) is 10.3. The van der Waals surface area contributed by atoms with E-state index in [1.165, 1.54) is 25.7 Å². The Bertz CT molecular complexity index is 173. The molecule has 82 valence electrons. The third kappa shape index (κ3) is 4.61. The highest BCUT2D eigenvalue weighted by molar-refractivity contribution is 5.66. The van der Waals surface area contributed by atoms with Gasteiger partial charge in [0.15, 0.2) is 0 Å². The highest BCUT2D eigenvalue weighted by atomic mass is 16.5. The Morgan fingerprint density at radius 2 is 2.14 bits per heavy atom. The van der Waals surface area contributed by atoms with Crippen molar-refractivity contribution in [1.82, 2.24) is 0 Å². The molecule has 0 aromatic carbocycles. The first kappa shape index (κ1) is 11.5. The van der Waals surface area contributed by atoms with Crippen molar-refractivity contribution in [2.75, 3.05) is 6.61 Å². The second-order valence-corrected chi connectivity index (χ2v) is 4.23. The van der Waals surface area contributed by atoms with Gasteiger partial charge in [0.1, 0.15) is 0 Å². The molecule has 0 amide bonds. The van der Waals surface area contributed by atoms with Gasteiger partial charge in [0.05, 0.1) is 6.10 Å². The number of hydrogen-bond acceptors (Lipinski definition) is 2. The van der Waals surface area contributed by atoms with E-state index in [-0.39, 0.29) is 12.5 Å². The summed E-state index contributed by atoms with van der Waals surface area (Å²) in [5.41, 5.74) is 0. The summed E-state index contributed by atoms with van der Waals surface area (Å²) < 4.78 is 5.61. The average Bonchev–Trinajstić information content (AvgIpc) is 2.63. The summed E-state index contributed by atoms with van der Waals surface area (Å²) >= 11 is 0. The van der Waals surface area contributed by atoms with E-state index in [1.54, 1.807) is 0 Å². The molecule has 0 aliphatic heterocycles. The first-order valence-corrected chi connectivity index (χ1v) is 5.52. The molecule has 1 fully saturated rings. The van der Waals surface area contributed by atoms with E-state index in [4.69, 9.17) is 9.84 Å². The number of carboxylic acids is 1. The first-order chi connectivity index (χ1) is 6.68. The summed E-state index contributed by atoms with van der Waals surface area (Å²) in [6.07, 6.45) is 6.16. The van der Waals surface area contributed by atoms with Gasteiger partial charge in [-0.1, -0.05) is 12.8 Å². The molecule has 1 aliphatic rings. The van der Waals surface area contributed by atoms with E-state index in [2.05, 4.69) is 0 Å². The van der Waals surface area contributed by atoms with E-state index in [0.29, 0.717) is 6.42 Å². The molecule has 1 unspecified atom stereocenters. The molecule has 1 atom stereocenters. The van der Waals surface area contributed by atoms with Gasteiger partial charge in [0, 0.05) is 13.0 Å². The van der Waals surface area contributed by atoms with Gasteiger partial charge in [0.25, 0.3) is 0 Å². The Kier molecular flexibility index (Phi) is 4.94. The molecule has 14 heavy (non-hydrogen) atoms. The van der Waals surface area contributed by atoms with Gasteiger partial charge in [-0.25, -0.2) is 0 Å². The molecular formula is C11H20O3. The normalized spacial score (nSPS) is 19.8. The monoisotopic (exact) mass is 200 g/mol. The number of carbonyl (C=O) groups is 1. The SMILES string of the molecule is CC(CCC(=O)O)OCC1CCCC1. The number of hydrogen-bond donors (Lipinski definition) is 1. The first-order valence-electron chi connectivity index (χ1n) is 5.52. The van der Waals surface area contributed by atoms with Crippen LogP contribution in [0.3, 0.4) is 0 Å². The summed E-state index contributed by atoms with van der Waals surface area (Å²) in [5.74, 6) is -0.0106. The van der Waals surface area contributed by atoms with Crippen LogP contribution in [0, 0.1) is 5.92 Å². The largest absolute Gasteiger partial charge is 0.481 e. The fourth-order valence-electron chi connectivity index (χ4n) is 1.89. The minimum Gasteiger partial charge on any atom is -0.481 e. The van der Waals surface area contributed by atoms with Crippen LogP contribution < -0.4 is 0 Å². The van der Waals surface area contributed by atoms with Crippen LogP contribution in [-0.2, 0) is 9.53 Å². The molecule has 0 radical (unpaired) electrons. The lowest BCUT2D eigenvalue weighted by molar-refractivity contribution is -0.137. The van der Waals surface area contributed by atoms with Crippen LogP contribution in [0.5, 0.6) is 0 Å². The Balaban J connectivity index is 2.02. The highest BCUT2D eigenvalue weighted by Crippen LogP contribution is 2.25. The highest BCUT2D eigenvalue weighted by Gasteiger charge is 2.16. The van der Waals surface area contributed by atoms with E-state index in [0.717, 1.165) is 12.5 Å². The molecule has 0 bridgehead atoms. The molecule has 0 heterocycles. The molecule has 0 saturated heterocycles. The second kappa shape index (κ2) is 6.02. The van der Waals surface area contributed by atoms with E-state index >= 15 is 0 Å². The second-order valence-electron chi connectivity index (χ2n) is 4.23. The lowest BCUT2D eigenvalue weighted by atomic mass is 10.1. The van der Waals surface area contributed by atoms with Crippen LogP contribution in [0.1, 0.15) is 45.4 Å². The number of ether oxygens (including phenoxy) is 1. The maximum absolute atomic E-state index is 10.3. The van der Waals surface area contributed by atoms with Crippen LogP contribution in [0.2, 0.25) is 0 Å².